The summed E-state index contributed by atoms with van der Waals surface area (Å²) in [6, 6.07) is 11.3. The Kier molecular flexibility index (Phi) is 3.94. The first-order valence-electron chi connectivity index (χ1n) is 4.05. The standard InChI is InChI=1S/C9H13OSi/c10-11-8-4-7-9-5-2-1-3-6-9/h1-3,5-6H,4,7-8,11H2. The highest BCUT2D eigenvalue weighted by Gasteiger charge is 1.90. The predicted molar refractivity (Wildman–Crippen MR) is 48.8 cm³/mol. The van der Waals surface area contributed by atoms with Gasteiger partial charge in [-0.3, -0.25) is 0 Å². The maximum Gasteiger partial charge on any atom is 0.207 e. The van der Waals surface area contributed by atoms with Crippen LogP contribution >= 0.6 is 0 Å². The van der Waals surface area contributed by atoms with Gasteiger partial charge in [0.25, 0.3) is 0 Å². The molecule has 0 N–H and O–H groups in total. The molecule has 0 aromatic heterocycles. The van der Waals surface area contributed by atoms with E-state index in [2.05, 4.69) is 12.1 Å². The third-order valence-corrected chi connectivity index (χ3v) is 2.49. The van der Waals surface area contributed by atoms with Crippen LogP contribution in [0.5, 0.6) is 0 Å². The Morgan fingerprint density at radius 2 is 1.91 bits per heavy atom. The van der Waals surface area contributed by atoms with Gasteiger partial charge in [0.1, 0.15) is 0 Å². The number of hydrogen-bond acceptors (Lipinski definition) is 0. The zero-order chi connectivity index (χ0) is 7.94. The van der Waals surface area contributed by atoms with Crippen molar-refractivity contribution in [3.05, 3.63) is 35.9 Å². The lowest BCUT2D eigenvalue weighted by Crippen LogP contribution is -1.88. The van der Waals surface area contributed by atoms with Crippen LogP contribution in [0.1, 0.15) is 12.0 Å². The minimum Gasteiger partial charge on any atom is -0.306 e. The van der Waals surface area contributed by atoms with Gasteiger partial charge in [0, 0.05) is 0 Å². The second-order valence-corrected chi connectivity index (χ2v) is 3.76. The van der Waals surface area contributed by atoms with Crippen molar-refractivity contribution in [3.8, 4) is 0 Å². The van der Waals surface area contributed by atoms with Crippen molar-refractivity contribution >= 4 is 9.76 Å². The van der Waals surface area contributed by atoms with E-state index in [0.717, 1.165) is 18.9 Å². The van der Waals surface area contributed by atoms with Crippen LogP contribution in [0.3, 0.4) is 0 Å². The zero-order valence-corrected chi connectivity index (χ0v) is 8.04. The first kappa shape index (κ1) is 8.49. The van der Waals surface area contributed by atoms with Gasteiger partial charge in [0.2, 0.25) is 9.76 Å². The molecule has 0 aliphatic carbocycles. The van der Waals surface area contributed by atoms with Crippen LogP contribution in [0.25, 0.3) is 0 Å². The van der Waals surface area contributed by atoms with Gasteiger partial charge in [-0.05, 0) is 24.4 Å². The van der Waals surface area contributed by atoms with Crippen LogP contribution in [0, 0.1) is 0 Å². The van der Waals surface area contributed by atoms with Crippen molar-refractivity contribution in [1.29, 1.82) is 0 Å². The van der Waals surface area contributed by atoms with Gasteiger partial charge in [-0.15, -0.1) is 0 Å². The summed E-state index contributed by atoms with van der Waals surface area (Å²) >= 11 is 0. The quantitative estimate of drug-likeness (QED) is 0.476. The van der Waals surface area contributed by atoms with E-state index in [9.17, 15) is 4.80 Å². The molecule has 0 fully saturated rings. The molecular formula is C9H13OSi. The molecule has 0 amide bonds. The highest BCUT2D eigenvalue weighted by atomic mass is 28.2. The van der Waals surface area contributed by atoms with E-state index in [0.29, 0.717) is 0 Å². The summed E-state index contributed by atoms with van der Waals surface area (Å²) in [5.74, 6) is 0. The third kappa shape index (κ3) is 3.35. The molecule has 1 aromatic carbocycles. The predicted octanol–water partition coefficient (Wildman–Crippen LogP) is 1.55. The molecule has 0 bridgehead atoms. The average molecular weight is 165 g/mol. The Morgan fingerprint density at radius 1 is 1.18 bits per heavy atom. The Hall–Kier alpha value is -0.603. The van der Waals surface area contributed by atoms with Gasteiger partial charge in [-0.2, -0.15) is 0 Å². The minimum absolute atomic E-state index is 0.939. The highest BCUT2D eigenvalue weighted by molar-refractivity contribution is 6.24. The maximum atomic E-state index is 10.3. The molecule has 0 unspecified atom stereocenters. The first-order chi connectivity index (χ1) is 5.43. The number of aryl methyl sites for hydroxylation is 1. The van der Waals surface area contributed by atoms with Crippen LogP contribution in [0.2, 0.25) is 6.04 Å². The van der Waals surface area contributed by atoms with Gasteiger partial charge in [-0.1, -0.05) is 30.3 Å². The zero-order valence-electron chi connectivity index (χ0n) is 6.62. The lowest BCUT2D eigenvalue weighted by Gasteiger charge is -1.97. The molecule has 1 rings (SSSR count). The van der Waals surface area contributed by atoms with Crippen molar-refractivity contribution in [3.63, 3.8) is 0 Å². The van der Waals surface area contributed by atoms with Gasteiger partial charge < -0.3 is 4.80 Å². The minimum atomic E-state index is -0.952. The second kappa shape index (κ2) is 5.10. The van der Waals surface area contributed by atoms with E-state index in [1.54, 1.807) is 0 Å². The Balaban J connectivity index is 2.28. The summed E-state index contributed by atoms with van der Waals surface area (Å²) in [7, 11) is -0.952. The molecule has 0 spiro atoms. The number of benzene rings is 1. The van der Waals surface area contributed by atoms with Crippen molar-refractivity contribution in [2.75, 3.05) is 0 Å². The molecule has 0 saturated carbocycles. The summed E-state index contributed by atoms with van der Waals surface area (Å²) in [6.45, 7) is 0. The van der Waals surface area contributed by atoms with Gasteiger partial charge >= 0.3 is 0 Å². The third-order valence-electron chi connectivity index (χ3n) is 1.70. The average Bonchev–Trinajstić information content (AvgIpc) is 2.07. The second-order valence-electron chi connectivity index (χ2n) is 2.65. The Labute approximate surface area is 70.0 Å². The highest BCUT2D eigenvalue weighted by Crippen LogP contribution is 2.03. The fourth-order valence-corrected chi connectivity index (χ4v) is 1.53. The van der Waals surface area contributed by atoms with Gasteiger partial charge in [0.15, 0.2) is 0 Å². The van der Waals surface area contributed by atoms with E-state index in [-0.39, 0.29) is 0 Å². The van der Waals surface area contributed by atoms with Gasteiger partial charge in [-0.25, -0.2) is 0 Å². The van der Waals surface area contributed by atoms with Crippen LogP contribution in [-0.4, -0.2) is 9.76 Å². The summed E-state index contributed by atoms with van der Waals surface area (Å²) in [4.78, 5) is 10.3. The topological polar surface area (TPSA) is 19.9 Å². The molecule has 0 aliphatic rings. The van der Waals surface area contributed by atoms with Crippen LogP contribution in [0.4, 0.5) is 0 Å². The van der Waals surface area contributed by atoms with Crippen molar-refractivity contribution < 1.29 is 4.80 Å². The van der Waals surface area contributed by atoms with E-state index in [1.165, 1.54) is 5.56 Å². The molecule has 1 nitrogen and oxygen atoms in total. The summed E-state index contributed by atoms with van der Waals surface area (Å²) in [5.41, 5.74) is 1.36. The molecule has 0 aliphatic heterocycles. The molecule has 11 heavy (non-hydrogen) atoms. The van der Waals surface area contributed by atoms with Crippen LogP contribution in [-0.2, 0) is 11.2 Å². The lowest BCUT2D eigenvalue weighted by atomic mass is 10.1. The van der Waals surface area contributed by atoms with E-state index >= 15 is 0 Å². The SMILES string of the molecule is [O][SiH2]CCCc1ccccc1. The molecule has 2 heteroatoms. The largest absolute Gasteiger partial charge is 0.306 e. The van der Waals surface area contributed by atoms with Crippen molar-refractivity contribution in [2.24, 2.45) is 0 Å². The first-order valence-corrected chi connectivity index (χ1v) is 5.63. The van der Waals surface area contributed by atoms with Crippen molar-refractivity contribution in [1.82, 2.24) is 0 Å². The lowest BCUT2D eigenvalue weighted by molar-refractivity contribution is 0.470. The molecule has 1 radical (unpaired) electrons. The fraction of sp³-hybridized carbons (Fsp3) is 0.333. The Bertz CT molecular complexity index is 186. The monoisotopic (exact) mass is 165 g/mol. The number of hydrogen-bond donors (Lipinski definition) is 0. The van der Waals surface area contributed by atoms with Gasteiger partial charge in [0.05, 0.1) is 0 Å². The summed E-state index contributed by atoms with van der Waals surface area (Å²) in [6.07, 6.45) is 2.16. The molecular weight excluding hydrogens is 152 g/mol. The van der Waals surface area contributed by atoms with Crippen LogP contribution in [0.15, 0.2) is 30.3 Å². The van der Waals surface area contributed by atoms with Crippen LogP contribution < -0.4 is 0 Å². The van der Waals surface area contributed by atoms with E-state index in [4.69, 9.17) is 0 Å². The summed E-state index contributed by atoms with van der Waals surface area (Å²) in [5, 5.41) is 0. The normalized spacial score (nSPS) is 11.0. The Morgan fingerprint density at radius 3 is 2.55 bits per heavy atom. The van der Waals surface area contributed by atoms with E-state index in [1.807, 2.05) is 18.2 Å². The summed E-state index contributed by atoms with van der Waals surface area (Å²) < 4.78 is 0. The fourth-order valence-electron chi connectivity index (χ4n) is 1.08. The molecule has 0 heterocycles. The molecule has 59 valence electrons. The molecule has 1 aromatic rings. The smallest absolute Gasteiger partial charge is 0.207 e. The molecule has 0 atom stereocenters. The van der Waals surface area contributed by atoms with Crippen molar-refractivity contribution in [2.45, 2.75) is 18.9 Å². The number of rotatable bonds is 4. The molecule has 0 saturated heterocycles. The maximum absolute atomic E-state index is 10.3. The van der Waals surface area contributed by atoms with E-state index < -0.39 is 9.76 Å².